The number of rotatable bonds is 6. The Bertz CT molecular complexity index is 938. The predicted octanol–water partition coefficient (Wildman–Crippen LogP) is 2.36. The van der Waals surface area contributed by atoms with E-state index in [-0.39, 0.29) is 6.04 Å². The van der Waals surface area contributed by atoms with Crippen molar-refractivity contribution in [3.8, 4) is 0 Å². The second-order valence-corrected chi connectivity index (χ2v) is 8.39. The fourth-order valence-electron chi connectivity index (χ4n) is 2.89. The molecule has 0 radical (unpaired) electrons. The van der Waals surface area contributed by atoms with E-state index >= 15 is 0 Å². The van der Waals surface area contributed by atoms with Crippen molar-refractivity contribution in [3.05, 3.63) is 59.8 Å². The van der Waals surface area contributed by atoms with Crippen LogP contribution in [-0.2, 0) is 14.8 Å². The van der Waals surface area contributed by atoms with Crippen LogP contribution in [0, 0.1) is 6.92 Å². The number of aryl methyl sites for hydroxylation is 1. The molecule has 1 aromatic heterocycles. The van der Waals surface area contributed by atoms with Gasteiger partial charge in [-0.3, -0.25) is 0 Å². The summed E-state index contributed by atoms with van der Waals surface area (Å²) in [5, 5.41) is 11.9. The first kappa shape index (κ1) is 19.1. The van der Waals surface area contributed by atoms with Gasteiger partial charge in [0.25, 0.3) is 0 Å². The van der Waals surface area contributed by atoms with Crippen LogP contribution in [0.4, 0.5) is 5.82 Å². The third-order valence-corrected chi connectivity index (χ3v) is 6.25. The van der Waals surface area contributed by atoms with Gasteiger partial charge >= 0.3 is 5.97 Å². The van der Waals surface area contributed by atoms with Crippen LogP contribution < -0.4 is 5.32 Å². The molecule has 8 heteroatoms. The highest BCUT2D eigenvalue weighted by molar-refractivity contribution is 7.89. The number of sulfonamides is 1. The molecule has 0 amide bonds. The number of carbonyl (C=O) groups is 1. The molecule has 142 valence electrons. The molecule has 1 aromatic carbocycles. The van der Waals surface area contributed by atoms with Crippen molar-refractivity contribution in [3.63, 3.8) is 0 Å². The van der Waals surface area contributed by atoms with E-state index in [4.69, 9.17) is 5.11 Å². The fourth-order valence-corrected chi connectivity index (χ4v) is 4.39. The van der Waals surface area contributed by atoms with E-state index in [1.54, 1.807) is 42.6 Å². The number of hydrogen-bond donors (Lipinski definition) is 2. The number of benzene rings is 1. The topological polar surface area (TPSA) is 99.6 Å². The number of nitrogens with zero attached hydrogens (tertiary/aromatic N) is 2. The quantitative estimate of drug-likeness (QED) is 0.738. The Balaban J connectivity index is 1.62. The van der Waals surface area contributed by atoms with Crippen molar-refractivity contribution in [2.24, 2.45) is 0 Å². The lowest BCUT2D eigenvalue weighted by Crippen LogP contribution is -2.31. The lowest BCUT2D eigenvalue weighted by atomic mass is 10.2. The van der Waals surface area contributed by atoms with Crippen molar-refractivity contribution in [1.29, 1.82) is 0 Å². The Labute approximate surface area is 158 Å². The zero-order valence-electron chi connectivity index (χ0n) is 14.9. The lowest BCUT2D eigenvalue weighted by molar-refractivity contribution is -0.131. The molecule has 3 rings (SSSR count). The first-order chi connectivity index (χ1) is 12.8. The highest BCUT2D eigenvalue weighted by Crippen LogP contribution is 2.23. The van der Waals surface area contributed by atoms with E-state index in [0.29, 0.717) is 35.8 Å². The van der Waals surface area contributed by atoms with Crippen LogP contribution in [0.15, 0.2) is 53.6 Å². The van der Waals surface area contributed by atoms with Gasteiger partial charge in [-0.15, -0.1) is 0 Å². The van der Waals surface area contributed by atoms with Gasteiger partial charge in [0.05, 0.1) is 4.90 Å². The smallest absolute Gasteiger partial charge is 0.328 e. The second-order valence-electron chi connectivity index (χ2n) is 6.45. The second kappa shape index (κ2) is 7.89. The Kier molecular flexibility index (Phi) is 5.57. The Hall–Kier alpha value is -2.71. The summed E-state index contributed by atoms with van der Waals surface area (Å²) in [5.41, 5.74) is 1.69. The number of carboxylic acid groups (broad SMARTS) is 1. The summed E-state index contributed by atoms with van der Waals surface area (Å²) in [6.07, 6.45) is 4.77. The lowest BCUT2D eigenvalue weighted by Gasteiger charge is -2.17. The van der Waals surface area contributed by atoms with Crippen LogP contribution >= 0.6 is 0 Å². The summed E-state index contributed by atoms with van der Waals surface area (Å²) in [6.45, 7) is 2.74. The predicted molar refractivity (Wildman–Crippen MR) is 103 cm³/mol. The minimum Gasteiger partial charge on any atom is -0.478 e. The van der Waals surface area contributed by atoms with E-state index in [1.165, 1.54) is 10.4 Å². The van der Waals surface area contributed by atoms with Crippen LogP contribution in [0.1, 0.15) is 17.5 Å². The van der Waals surface area contributed by atoms with E-state index in [2.05, 4.69) is 10.3 Å². The van der Waals surface area contributed by atoms with Crippen LogP contribution in [0.25, 0.3) is 6.08 Å². The van der Waals surface area contributed by atoms with Crippen LogP contribution in [0.5, 0.6) is 0 Å². The third kappa shape index (κ3) is 4.72. The summed E-state index contributed by atoms with van der Waals surface area (Å²) in [6, 6.07) is 10.3. The average Bonchev–Trinajstić information content (AvgIpc) is 3.11. The summed E-state index contributed by atoms with van der Waals surface area (Å²) < 4.78 is 27.0. The molecule has 0 spiro atoms. The van der Waals surface area contributed by atoms with Gasteiger partial charge in [-0.25, -0.2) is 18.2 Å². The summed E-state index contributed by atoms with van der Waals surface area (Å²) in [5.74, 6) is -0.389. The number of anilines is 1. The Morgan fingerprint density at radius 3 is 2.63 bits per heavy atom. The average molecular weight is 387 g/mol. The van der Waals surface area contributed by atoms with Gasteiger partial charge < -0.3 is 10.4 Å². The molecule has 1 saturated heterocycles. The standard InChI is InChI=1S/C19H21N3O4S/c1-14-2-6-17(7-3-14)27(25,26)22-11-10-16(13-22)21-18-8-4-15(12-20-18)5-9-19(23)24/h2-9,12,16H,10-11,13H2,1H3,(H,20,21)(H,23,24)/b9-5+. The molecular weight excluding hydrogens is 366 g/mol. The molecule has 0 bridgehead atoms. The van der Waals surface area contributed by atoms with Crippen molar-refractivity contribution < 1.29 is 18.3 Å². The molecule has 1 atom stereocenters. The molecule has 0 aliphatic carbocycles. The maximum Gasteiger partial charge on any atom is 0.328 e. The molecule has 27 heavy (non-hydrogen) atoms. The maximum absolute atomic E-state index is 12.7. The minimum absolute atomic E-state index is 0.0295. The Morgan fingerprint density at radius 2 is 2.00 bits per heavy atom. The molecule has 1 fully saturated rings. The maximum atomic E-state index is 12.7. The van der Waals surface area contributed by atoms with E-state index in [1.807, 2.05) is 6.92 Å². The van der Waals surface area contributed by atoms with E-state index < -0.39 is 16.0 Å². The molecule has 1 aliphatic heterocycles. The van der Waals surface area contributed by atoms with E-state index in [9.17, 15) is 13.2 Å². The molecule has 7 nitrogen and oxygen atoms in total. The molecule has 2 N–H and O–H groups in total. The van der Waals surface area contributed by atoms with Gasteiger partial charge in [-0.05, 0) is 49.2 Å². The molecule has 2 aromatic rings. The molecule has 0 saturated carbocycles. The number of nitrogens with one attached hydrogen (secondary N) is 1. The molecule has 2 heterocycles. The number of hydrogen-bond acceptors (Lipinski definition) is 5. The number of aromatic nitrogens is 1. The largest absolute Gasteiger partial charge is 0.478 e. The highest BCUT2D eigenvalue weighted by Gasteiger charge is 2.32. The van der Waals surface area contributed by atoms with Gasteiger partial charge in [0.15, 0.2) is 0 Å². The number of pyridine rings is 1. The molecule has 1 aliphatic rings. The van der Waals surface area contributed by atoms with Crippen molar-refractivity contribution in [2.75, 3.05) is 18.4 Å². The summed E-state index contributed by atoms with van der Waals surface area (Å²) in [4.78, 5) is 15.1. The summed E-state index contributed by atoms with van der Waals surface area (Å²) >= 11 is 0. The monoisotopic (exact) mass is 387 g/mol. The van der Waals surface area contributed by atoms with Gasteiger partial charge in [-0.1, -0.05) is 17.7 Å². The van der Waals surface area contributed by atoms with Crippen LogP contribution in [-0.4, -0.2) is 47.9 Å². The van der Waals surface area contributed by atoms with Crippen molar-refractivity contribution in [2.45, 2.75) is 24.3 Å². The van der Waals surface area contributed by atoms with Gasteiger partial charge in [0.2, 0.25) is 10.0 Å². The first-order valence-electron chi connectivity index (χ1n) is 8.55. The van der Waals surface area contributed by atoms with Gasteiger partial charge in [0, 0.05) is 31.4 Å². The van der Waals surface area contributed by atoms with Crippen molar-refractivity contribution in [1.82, 2.24) is 9.29 Å². The highest BCUT2D eigenvalue weighted by atomic mass is 32.2. The molecular formula is C19H21N3O4S. The van der Waals surface area contributed by atoms with Crippen LogP contribution in [0.2, 0.25) is 0 Å². The normalized spacial score (nSPS) is 18.0. The molecule has 1 unspecified atom stereocenters. The van der Waals surface area contributed by atoms with Crippen molar-refractivity contribution >= 4 is 27.9 Å². The first-order valence-corrected chi connectivity index (χ1v) is 9.99. The zero-order valence-corrected chi connectivity index (χ0v) is 15.7. The zero-order chi connectivity index (χ0) is 19.4. The van der Waals surface area contributed by atoms with Crippen LogP contribution in [0.3, 0.4) is 0 Å². The Morgan fingerprint density at radius 1 is 1.26 bits per heavy atom. The van der Waals surface area contributed by atoms with E-state index in [0.717, 1.165) is 11.6 Å². The minimum atomic E-state index is -3.49. The van der Waals surface area contributed by atoms with Gasteiger partial charge in [0.1, 0.15) is 5.82 Å². The fraction of sp³-hybridized carbons (Fsp3) is 0.263. The van der Waals surface area contributed by atoms with Gasteiger partial charge in [-0.2, -0.15) is 4.31 Å². The number of carboxylic acids is 1. The SMILES string of the molecule is Cc1ccc(S(=O)(=O)N2CCC(Nc3ccc(/C=C/C(=O)O)cn3)C2)cc1. The number of aliphatic carboxylic acids is 1. The third-order valence-electron chi connectivity index (χ3n) is 4.37. The summed E-state index contributed by atoms with van der Waals surface area (Å²) in [7, 11) is -3.49.